The number of hydrogen-bond donors (Lipinski definition) is 1. The zero-order valence-electron chi connectivity index (χ0n) is 8.68. The first-order valence-corrected chi connectivity index (χ1v) is 4.49. The maximum atomic E-state index is 12.5. The Bertz CT molecular complexity index is 405. The third-order valence-corrected chi connectivity index (χ3v) is 1.94. The van der Waals surface area contributed by atoms with E-state index in [1.165, 1.54) is 6.92 Å². The van der Waals surface area contributed by atoms with E-state index in [-0.39, 0.29) is 17.8 Å². The van der Waals surface area contributed by atoms with Crippen LogP contribution in [0, 0.1) is 6.92 Å². The Labute approximate surface area is 93.4 Å². The van der Waals surface area contributed by atoms with Gasteiger partial charge < -0.3 is 10.5 Å². The van der Waals surface area contributed by atoms with Crippen LogP contribution in [0.4, 0.5) is 22.0 Å². The first-order valence-electron chi connectivity index (χ1n) is 4.49. The van der Waals surface area contributed by atoms with Crippen molar-refractivity contribution < 1.29 is 26.7 Å². The van der Waals surface area contributed by atoms with Gasteiger partial charge in [-0.25, -0.2) is 13.8 Å². The summed E-state index contributed by atoms with van der Waals surface area (Å²) >= 11 is 0. The summed E-state index contributed by atoms with van der Waals surface area (Å²) in [4.78, 5) is 3.37. The average Bonchev–Trinajstić information content (AvgIpc) is 2.14. The summed E-state index contributed by atoms with van der Waals surface area (Å²) < 4.78 is 64.4. The van der Waals surface area contributed by atoms with Gasteiger partial charge in [-0.15, -0.1) is 13.2 Å². The van der Waals surface area contributed by atoms with Gasteiger partial charge in [0.2, 0.25) is 0 Å². The van der Waals surface area contributed by atoms with Gasteiger partial charge in [0.05, 0.1) is 5.69 Å². The van der Waals surface area contributed by atoms with Crippen molar-refractivity contribution in [2.75, 3.05) is 0 Å². The van der Waals surface area contributed by atoms with Gasteiger partial charge >= 0.3 is 6.36 Å². The molecule has 0 spiro atoms. The van der Waals surface area contributed by atoms with Gasteiger partial charge in [-0.05, 0) is 18.6 Å². The molecule has 0 aliphatic carbocycles. The van der Waals surface area contributed by atoms with Crippen LogP contribution in [0.1, 0.15) is 23.4 Å². The Hall–Kier alpha value is -1.44. The number of nitrogens with two attached hydrogens (primary N) is 1. The van der Waals surface area contributed by atoms with E-state index in [9.17, 15) is 22.0 Å². The minimum absolute atomic E-state index is 0.106. The molecule has 1 aromatic heterocycles. The number of aromatic nitrogens is 1. The van der Waals surface area contributed by atoms with Crippen molar-refractivity contribution in [1.82, 2.24) is 4.98 Å². The van der Waals surface area contributed by atoms with Crippen LogP contribution in [0.15, 0.2) is 6.07 Å². The second-order valence-corrected chi connectivity index (χ2v) is 3.19. The number of hydrogen-bond acceptors (Lipinski definition) is 3. The van der Waals surface area contributed by atoms with Crippen LogP contribution in [-0.2, 0) is 6.54 Å². The maximum absolute atomic E-state index is 12.5. The summed E-state index contributed by atoms with van der Waals surface area (Å²) in [7, 11) is 0. The number of pyridine rings is 1. The predicted octanol–water partition coefficient (Wildman–Crippen LogP) is 2.68. The zero-order chi connectivity index (χ0) is 13.2. The molecule has 0 amide bonds. The fraction of sp³-hybridized carbons (Fsp3) is 0.444. The van der Waals surface area contributed by atoms with Gasteiger partial charge in [-0.3, -0.25) is 0 Å². The Morgan fingerprint density at radius 3 is 2.41 bits per heavy atom. The number of alkyl halides is 5. The topological polar surface area (TPSA) is 48.1 Å². The molecule has 0 aliphatic rings. The lowest BCUT2D eigenvalue weighted by atomic mass is 10.2. The SMILES string of the molecule is Cc1cc(OC(F)(F)F)c(C(F)F)nc1CN. The highest BCUT2D eigenvalue weighted by Crippen LogP contribution is 2.32. The highest BCUT2D eigenvalue weighted by atomic mass is 19.4. The molecule has 0 aromatic carbocycles. The molecule has 0 fully saturated rings. The summed E-state index contributed by atoms with van der Waals surface area (Å²) in [6.45, 7) is 1.27. The molecule has 2 N–H and O–H groups in total. The van der Waals surface area contributed by atoms with E-state index < -0.39 is 24.2 Å². The number of ether oxygens (including phenoxy) is 1. The van der Waals surface area contributed by atoms with Crippen LogP contribution >= 0.6 is 0 Å². The van der Waals surface area contributed by atoms with Crippen LogP contribution < -0.4 is 10.5 Å². The maximum Gasteiger partial charge on any atom is 0.573 e. The van der Waals surface area contributed by atoms with Crippen LogP contribution in [0.25, 0.3) is 0 Å². The fourth-order valence-electron chi connectivity index (χ4n) is 1.21. The third kappa shape index (κ3) is 3.52. The number of halogens is 5. The van der Waals surface area contributed by atoms with Gasteiger partial charge in [0.15, 0.2) is 5.75 Å². The second-order valence-electron chi connectivity index (χ2n) is 3.19. The van der Waals surface area contributed by atoms with Crippen LogP contribution in [-0.4, -0.2) is 11.3 Å². The lowest BCUT2D eigenvalue weighted by molar-refractivity contribution is -0.275. The van der Waals surface area contributed by atoms with E-state index in [0.29, 0.717) is 0 Å². The number of aryl methyl sites for hydroxylation is 1. The highest BCUT2D eigenvalue weighted by molar-refractivity contribution is 5.36. The van der Waals surface area contributed by atoms with Gasteiger partial charge in [-0.2, -0.15) is 0 Å². The normalized spacial score (nSPS) is 12.0. The van der Waals surface area contributed by atoms with Gasteiger partial charge in [0, 0.05) is 6.54 Å². The summed E-state index contributed by atoms with van der Waals surface area (Å²) in [6, 6.07) is 0.851. The largest absolute Gasteiger partial charge is 0.573 e. The van der Waals surface area contributed by atoms with Gasteiger partial charge in [0.25, 0.3) is 6.43 Å². The molecule has 1 aromatic rings. The summed E-state index contributed by atoms with van der Waals surface area (Å²) in [5.41, 5.74) is 4.53. The molecule has 0 unspecified atom stereocenters. The Morgan fingerprint density at radius 1 is 1.41 bits per heavy atom. The van der Waals surface area contributed by atoms with Crippen molar-refractivity contribution >= 4 is 0 Å². The van der Waals surface area contributed by atoms with Crippen molar-refractivity contribution in [3.8, 4) is 5.75 Å². The van der Waals surface area contributed by atoms with Crippen molar-refractivity contribution in [2.24, 2.45) is 5.73 Å². The van der Waals surface area contributed by atoms with Crippen LogP contribution in [0.2, 0.25) is 0 Å². The van der Waals surface area contributed by atoms with Crippen LogP contribution in [0.3, 0.4) is 0 Å². The molecule has 3 nitrogen and oxygen atoms in total. The number of rotatable bonds is 3. The minimum atomic E-state index is -5.04. The quantitative estimate of drug-likeness (QED) is 0.846. The van der Waals surface area contributed by atoms with Crippen molar-refractivity contribution in [3.63, 3.8) is 0 Å². The van der Waals surface area contributed by atoms with Gasteiger partial charge in [0.1, 0.15) is 5.69 Å². The molecule has 0 atom stereocenters. The van der Waals surface area contributed by atoms with E-state index in [0.717, 1.165) is 6.07 Å². The van der Waals surface area contributed by atoms with Crippen molar-refractivity contribution in [2.45, 2.75) is 26.3 Å². The standard InChI is InChI=1S/C9H9F5N2O/c1-4-2-6(17-9(12,13)14)7(8(10)11)16-5(4)3-15/h2,8H,3,15H2,1H3. The van der Waals surface area contributed by atoms with Crippen LogP contribution in [0.5, 0.6) is 5.75 Å². The molecule has 17 heavy (non-hydrogen) atoms. The first-order chi connectivity index (χ1) is 7.74. The minimum Gasteiger partial charge on any atom is -0.404 e. The highest BCUT2D eigenvalue weighted by Gasteiger charge is 2.34. The average molecular weight is 256 g/mol. The molecule has 0 aliphatic heterocycles. The van der Waals surface area contributed by atoms with E-state index in [1.807, 2.05) is 0 Å². The molecule has 0 radical (unpaired) electrons. The monoisotopic (exact) mass is 256 g/mol. The van der Waals surface area contributed by atoms with E-state index >= 15 is 0 Å². The fourth-order valence-corrected chi connectivity index (χ4v) is 1.21. The Kier molecular flexibility index (Phi) is 3.87. The molecule has 8 heteroatoms. The molecule has 1 rings (SSSR count). The molecule has 0 bridgehead atoms. The summed E-state index contributed by atoms with van der Waals surface area (Å²) in [6.07, 6.45) is -8.21. The molecule has 96 valence electrons. The van der Waals surface area contributed by atoms with Crippen molar-refractivity contribution in [1.29, 1.82) is 0 Å². The van der Waals surface area contributed by atoms with E-state index in [1.54, 1.807) is 0 Å². The Morgan fingerprint density at radius 2 is 2.00 bits per heavy atom. The smallest absolute Gasteiger partial charge is 0.404 e. The lowest BCUT2D eigenvalue weighted by Gasteiger charge is -2.14. The second kappa shape index (κ2) is 4.82. The summed E-state index contributed by atoms with van der Waals surface area (Å²) in [5, 5.41) is 0. The molecular formula is C9H9F5N2O. The third-order valence-electron chi connectivity index (χ3n) is 1.94. The van der Waals surface area contributed by atoms with E-state index in [4.69, 9.17) is 5.73 Å². The van der Waals surface area contributed by atoms with Crippen molar-refractivity contribution in [3.05, 3.63) is 23.0 Å². The molecule has 0 saturated carbocycles. The zero-order valence-corrected chi connectivity index (χ0v) is 8.68. The Balaban J connectivity index is 3.23. The number of nitrogens with zero attached hydrogens (tertiary/aromatic N) is 1. The lowest BCUT2D eigenvalue weighted by Crippen LogP contribution is -2.19. The molecule has 0 saturated heterocycles. The van der Waals surface area contributed by atoms with E-state index in [2.05, 4.69) is 9.72 Å². The predicted molar refractivity (Wildman–Crippen MR) is 48.5 cm³/mol. The first kappa shape index (κ1) is 13.6. The molecule has 1 heterocycles. The summed E-state index contributed by atoms with van der Waals surface area (Å²) in [5.74, 6) is -0.998. The van der Waals surface area contributed by atoms with Gasteiger partial charge in [-0.1, -0.05) is 0 Å². The molecular weight excluding hydrogens is 247 g/mol.